The van der Waals surface area contributed by atoms with Crippen LogP contribution in [-0.4, -0.2) is 25.0 Å². The Hall–Kier alpha value is -2.82. The maximum atomic E-state index is 12.7. The number of nitrogens with one attached hydrogen (secondary N) is 1. The number of carbonyl (C=O) groups is 2. The molecule has 0 fully saturated rings. The van der Waals surface area contributed by atoms with Crippen molar-refractivity contribution in [1.29, 1.82) is 0 Å². The number of hydrogen-bond acceptors (Lipinski definition) is 3. The maximum Gasteiger partial charge on any atom is 0.255 e. The number of ether oxygens (including phenoxy) is 1. The molecule has 0 saturated carbocycles. The Balaban J connectivity index is 1.89. The minimum Gasteiger partial charge on any atom is -0.490 e. The summed E-state index contributed by atoms with van der Waals surface area (Å²) in [5, 5.41) is 2.87. The average molecular weight is 338 g/mol. The predicted molar refractivity (Wildman–Crippen MR) is 98.1 cm³/mol. The van der Waals surface area contributed by atoms with Crippen LogP contribution >= 0.6 is 0 Å². The Kier molecular flexibility index (Phi) is 4.49. The standard InChI is InChI=1S/C20H22N2O3/c1-4-22-16-11-10-15(21-18(23)14-8-6-5-7-9-14)12-17(16)25-13-20(2,3)19(22)24/h5-12H,4,13H2,1-3H3,(H,21,23). The molecule has 0 aliphatic carbocycles. The van der Waals surface area contributed by atoms with E-state index in [4.69, 9.17) is 4.74 Å². The van der Waals surface area contributed by atoms with Gasteiger partial charge in [0.25, 0.3) is 5.91 Å². The van der Waals surface area contributed by atoms with E-state index < -0.39 is 5.41 Å². The Labute approximate surface area is 147 Å². The van der Waals surface area contributed by atoms with Crippen LogP contribution in [-0.2, 0) is 4.79 Å². The van der Waals surface area contributed by atoms with Crippen molar-refractivity contribution in [2.45, 2.75) is 20.8 Å². The van der Waals surface area contributed by atoms with E-state index in [1.165, 1.54) is 0 Å². The Morgan fingerprint density at radius 3 is 2.60 bits per heavy atom. The highest BCUT2D eigenvalue weighted by molar-refractivity contribution is 6.05. The van der Waals surface area contributed by atoms with E-state index in [0.717, 1.165) is 5.69 Å². The zero-order valence-corrected chi connectivity index (χ0v) is 14.7. The lowest BCUT2D eigenvalue weighted by Gasteiger charge is -2.26. The third kappa shape index (κ3) is 3.36. The number of nitrogens with zero attached hydrogens (tertiary/aromatic N) is 1. The summed E-state index contributed by atoms with van der Waals surface area (Å²) in [6.45, 7) is 6.55. The molecule has 1 heterocycles. The van der Waals surface area contributed by atoms with Gasteiger partial charge in [0, 0.05) is 23.9 Å². The summed E-state index contributed by atoms with van der Waals surface area (Å²) in [5.74, 6) is 0.458. The minimum absolute atomic E-state index is 0.0369. The fraction of sp³-hybridized carbons (Fsp3) is 0.300. The Bertz CT molecular complexity index is 800. The molecule has 1 N–H and O–H groups in total. The molecular weight excluding hydrogens is 316 g/mol. The molecule has 25 heavy (non-hydrogen) atoms. The quantitative estimate of drug-likeness (QED) is 0.928. The molecule has 2 aromatic carbocycles. The van der Waals surface area contributed by atoms with E-state index >= 15 is 0 Å². The van der Waals surface area contributed by atoms with Crippen LogP contribution in [0.4, 0.5) is 11.4 Å². The van der Waals surface area contributed by atoms with Crippen LogP contribution in [0, 0.1) is 5.41 Å². The molecule has 5 heteroatoms. The fourth-order valence-electron chi connectivity index (χ4n) is 2.83. The van der Waals surface area contributed by atoms with Crippen LogP contribution in [0.15, 0.2) is 48.5 Å². The normalized spacial score (nSPS) is 15.8. The lowest BCUT2D eigenvalue weighted by molar-refractivity contribution is -0.127. The predicted octanol–water partition coefficient (Wildman–Crippen LogP) is 3.71. The van der Waals surface area contributed by atoms with Crippen molar-refractivity contribution in [3.05, 3.63) is 54.1 Å². The van der Waals surface area contributed by atoms with Gasteiger partial charge in [-0.15, -0.1) is 0 Å². The van der Waals surface area contributed by atoms with Gasteiger partial charge in [0.1, 0.15) is 12.4 Å². The lowest BCUT2D eigenvalue weighted by atomic mass is 9.93. The molecule has 0 bridgehead atoms. The van der Waals surface area contributed by atoms with Gasteiger partial charge in [-0.2, -0.15) is 0 Å². The van der Waals surface area contributed by atoms with Gasteiger partial charge < -0.3 is 15.0 Å². The number of fused-ring (bicyclic) bond motifs is 1. The molecule has 5 nitrogen and oxygen atoms in total. The molecule has 0 aromatic heterocycles. The first-order valence-corrected chi connectivity index (χ1v) is 8.37. The SMILES string of the molecule is CCN1C(=O)C(C)(C)COc2cc(NC(=O)c3ccccc3)ccc21. The number of carbonyl (C=O) groups excluding carboxylic acids is 2. The van der Waals surface area contributed by atoms with Gasteiger partial charge in [0.05, 0.1) is 11.1 Å². The number of rotatable bonds is 3. The molecule has 130 valence electrons. The second kappa shape index (κ2) is 6.59. The van der Waals surface area contributed by atoms with Gasteiger partial charge in [-0.25, -0.2) is 0 Å². The number of amides is 2. The van der Waals surface area contributed by atoms with Gasteiger partial charge in [0.15, 0.2) is 0 Å². The van der Waals surface area contributed by atoms with Crippen LogP contribution in [0.5, 0.6) is 5.75 Å². The van der Waals surface area contributed by atoms with Gasteiger partial charge in [-0.05, 0) is 45.0 Å². The fourth-order valence-corrected chi connectivity index (χ4v) is 2.83. The van der Waals surface area contributed by atoms with Crippen molar-refractivity contribution in [2.24, 2.45) is 5.41 Å². The van der Waals surface area contributed by atoms with Gasteiger partial charge >= 0.3 is 0 Å². The first-order valence-electron chi connectivity index (χ1n) is 8.37. The Morgan fingerprint density at radius 2 is 1.92 bits per heavy atom. The van der Waals surface area contributed by atoms with Crippen molar-refractivity contribution >= 4 is 23.2 Å². The van der Waals surface area contributed by atoms with E-state index in [-0.39, 0.29) is 11.8 Å². The third-order valence-electron chi connectivity index (χ3n) is 4.27. The van der Waals surface area contributed by atoms with E-state index in [0.29, 0.717) is 30.2 Å². The van der Waals surface area contributed by atoms with Gasteiger partial charge in [-0.3, -0.25) is 9.59 Å². The second-order valence-electron chi connectivity index (χ2n) is 6.72. The van der Waals surface area contributed by atoms with Crippen LogP contribution in [0.2, 0.25) is 0 Å². The third-order valence-corrected chi connectivity index (χ3v) is 4.27. The van der Waals surface area contributed by atoms with Crippen molar-refractivity contribution in [3.63, 3.8) is 0 Å². The van der Waals surface area contributed by atoms with E-state index in [2.05, 4.69) is 5.32 Å². The summed E-state index contributed by atoms with van der Waals surface area (Å²) in [6, 6.07) is 14.4. The zero-order chi connectivity index (χ0) is 18.0. The smallest absolute Gasteiger partial charge is 0.255 e. The summed E-state index contributed by atoms with van der Waals surface area (Å²) in [6.07, 6.45) is 0. The second-order valence-corrected chi connectivity index (χ2v) is 6.72. The summed E-state index contributed by atoms with van der Waals surface area (Å²) in [4.78, 5) is 26.7. The van der Waals surface area contributed by atoms with E-state index in [1.54, 1.807) is 29.2 Å². The minimum atomic E-state index is -0.595. The van der Waals surface area contributed by atoms with Crippen LogP contribution in [0.1, 0.15) is 31.1 Å². The highest BCUT2D eigenvalue weighted by atomic mass is 16.5. The maximum absolute atomic E-state index is 12.7. The zero-order valence-electron chi connectivity index (χ0n) is 14.7. The topological polar surface area (TPSA) is 58.6 Å². The van der Waals surface area contributed by atoms with Gasteiger partial charge in [0.2, 0.25) is 5.91 Å². The molecule has 0 radical (unpaired) electrons. The van der Waals surface area contributed by atoms with Crippen LogP contribution in [0.3, 0.4) is 0 Å². The molecule has 1 aliphatic rings. The van der Waals surface area contributed by atoms with Crippen molar-refractivity contribution in [3.8, 4) is 5.75 Å². The number of benzene rings is 2. The summed E-state index contributed by atoms with van der Waals surface area (Å²) in [7, 11) is 0. The first kappa shape index (κ1) is 17.0. The highest BCUT2D eigenvalue weighted by Gasteiger charge is 2.37. The molecule has 2 aromatic rings. The molecule has 0 atom stereocenters. The van der Waals surface area contributed by atoms with E-state index in [9.17, 15) is 9.59 Å². The Morgan fingerprint density at radius 1 is 1.20 bits per heavy atom. The van der Waals surface area contributed by atoms with Gasteiger partial charge in [-0.1, -0.05) is 18.2 Å². The molecule has 1 aliphatic heterocycles. The molecule has 2 amide bonds. The van der Waals surface area contributed by atoms with E-state index in [1.807, 2.05) is 45.0 Å². The molecule has 3 rings (SSSR count). The summed E-state index contributed by atoms with van der Waals surface area (Å²) in [5.41, 5.74) is 1.36. The average Bonchev–Trinajstić information content (AvgIpc) is 2.71. The van der Waals surface area contributed by atoms with Crippen molar-refractivity contribution in [2.75, 3.05) is 23.4 Å². The van der Waals surface area contributed by atoms with Crippen molar-refractivity contribution in [1.82, 2.24) is 0 Å². The summed E-state index contributed by atoms with van der Waals surface area (Å²) < 4.78 is 5.88. The molecular formula is C20H22N2O3. The monoisotopic (exact) mass is 338 g/mol. The first-order chi connectivity index (χ1) is 11.9. The van der Waals surface area contributed by atoms with Crippen LogP contribution < -0.4 is 15.0 Å². The summed E-state index contributed by atoms with van der Waals surface area (Å²) >= 11 is 0. The van der Waals surface area contributed by atoms with Crippen molar-refractivity contribution < 1.29 is 14.3 Å². The molecule has 0 unspecified atom stereocenters. The molecule has 0 saturated heterocycles. The lowest BCUT2D eigenvalue weighted by Crippen LogP contribution is -2.42. The number of anilines is 2. The van der Waals surface area contributed by atoms with Crippen LogP contribution in [0.25, 0.3) is 0 Å². The highest BCUT2D eigenvalue weighted by Crippen LogP contribution is 2.38. The number of hydrogen-bond donors (Lipinski definition) is 1. The molecule has 0 spiro atoms. The largest absolute Gasteiger partial charge is 0.490 e.